The highest BCUT2D eigenvalue weighted by Crippen LogP contribution is 2.36. The molecule has 0 spiro atoms. The van der Waals surface area contributed by atoms with Crippen molar-refractivity contribution in [3.8, 4) is 0 Å². The third-order valence-corrected chi connectivity index (χ3v) is 5.41. The number of halogens is 1. The van der Waals surface area contributed by atoms with E-state index in [1.807, 2.05) is 37.3 Å². The molecule has 1 fully saturated rings. The fourth-order valence-corrected chi connectivity index (χ4v) is 4.38. The fourth-order valence-electron chi connectivity index (χ4n) is 3.73. The molecule has 1 aliphatic heterocycles. The molecule has 1 heterocycles. The summed E-state index contributed by atoms with van der Waals surface area (Å²) in [6.45, 7) is 2.79. The molecule has 1 N–H and O–H groups in total. The van der Waals surface area contributed by atoms with Crippen molar-refractivity contribution in [3.05, 3.63) is 71.0 Å². The number of aryl methyl sites for hydroxylation is 1. The van der Waals surface area contributed by atoms with Gasteiger partial charge in [-0.05, 0) is 55.1 Å². The molecule has 3 rings (SSSR count). The van der Waals surface area contributed by atoms with Crippen LogP contribution >= 0.6 is 0 Å². The predicted octanol–water partition coefficient (Wildman–Crippen LogP) is 3.36. The van der Waals surface area contributed by atoms with Gasteiger partial charge in [-0.1, -0.05) is 36.4 Å². The number of nitrogens with one attached hydrogen (secondary N) is 1. The second-order valence-corrected chi connectivity index (χ2v) is 8.46. The van der Waals surface area contributed by atoms with E-state index in [0.717, 1.165) is 36.8 Å². The molecule has 2 aromatic rings. The van der Waals surface area contributed by atoms with Gasteiger partial charge in [-0.2, -0.15) is 8.42 Å². The average Bonchev–Trinajstić information content (AvgIpc) is 3.09. The van der Waals surface area contributed by atoms with E-state index in [-0.39, 0.29) is 11.9 Å². The summed E-state index contributed by atoms with van der Waals surface area (Å²) in [7, 11) is -3.68. The Bertz CT molecular complexity index is 863. The second-order valence-electron chi connectivity index (χ2n) is 6.86. The van der Waals surface area contributed by atoms with Crippen LogP contribution in [0.15, 0.2) is 48.5 Å². The molecule has 3 atom stereocenters. The molecule has 0 saturated carbocycles. The Kier molecular flexibility index (Phi) is 5.75. The van der Waals surface area contributed by atoms with Gasteiger partial charge in [0, 0.05) is 12.0 Å². The normalized spacial score (nSPS) is 20.0. The molecule has 1 saturated heterocycles. The highest BCUT2D eigenvalue weighted by molar-refractivity contribution is 7.86. The summed E-state index contributed by atoms with van der Waals surface area (Å²) in [4.78, 5) is 0. The smallest absolute Gasteiger partial charge is 0.264 e. The summed E-state index contributed by atoms with van der Waals surface area (Å²) >= 11 is 0. The van der Waals surface area contributed by atoms with E-state index in [2.05, 4.69) is 5.32 Å². The van der Waals surface area contributed by atoms with Crippen LogP contribution in [0.5, 0.6) is 0 Å². The van der Waals surface area contributed by atoms with Gasteiger partial charge < -0.3 is 5.32 Å². The van der Waals surface area contributed by atoms with Crippen LogP contribution in [0, 0.1) is 12.7 Å². The second kappa shape index (κ2) is 7.86. The van der Waals surface area contributed by atoms with E-state index in [0.29, 0.717) is 5.56 Å². The summed E-state index contributed by atoms with van der Waals surface area (Å²) in [5, 5.41) is 3.35. The Morgan fingerprint density at radius 1 is 1.19 bits per heavy atom. The lowest BCUT2D eigenvalue weighted by molar-refractivity contribution is 0.152. The van der Waals surface area contributed by atoms with Crippen LogP contribution in [0.4, 0.5) is 4.39 Å². The van der Waals surface area contributed by atoms with Gasteiger partial charge in [0.05, 0.1) is 6.26 Å². The summed E-state index contributed by atoms with van der Waals surface area (Å²) in [5.74, 6) is -0.740. The molecule has 6 heteroatoms. The highest BCUT2D eigenvalue weighted by Gasteiger charge is 2.37. The van der Waals surface area contributed by atoms with Crippen LogP contribution in [-0.2, 0) is 14.3 Å². The predicted molar refractivity (Wildman–Crippen MR) is 100 cm³/mol. The van der Waals surface area contributed by atoms with Crippen LogP contribution in [0.2, 0.25) is 0 Å². The summed E-state index contributed by atoms with van der Waals surface area (Å²) in [6.07, 6.45) is 2.20. The van der Waals surface area contributed by atoms with Crippen LogP contribution in [0.1, 0.15) is 35.4 Å². The van der Waals surface area contributed by atoms with Gasteiger partial charge in [0.1, 0.15) is 11.9 Å². The minimum absolute atomic E-state index is 0.113. The highest BCUT2D eigenvalue weighted by atomic mass is 32.2. The van der Waals surface area contributed by atoms with Gasteiger partial charge in [0.15, 0.2) is 0 Å². The SMILES string of the molecule is Cc1ccccc1C(c1cccc(F)c1)C(OS(C)(=O)=O)[C@H]1CCCN1. The zero-order valence-corrected chi connectivity index (χ0v) is 15.8. The molecule has 0 amide bonds. The standard InChI is InChI=1S/C20H24FNO3S/c1-14-7-3-4-10-17(14)19(15-8-5-9-16(21)13-15)20(25-26(2,23)24)18-11-6-12-22-18/h3-5,7-10,13,18-20,22H,6,11-12H2,1-2H3/t18-,19?,20?/m1/s1. The maximum absolute atomic E-state index is 13.9. The van der Waals surface area contributed by atoms with Crippen LogP contribution < -0.4 is 5.32 Å². The zero-order valence-electron chi connectivity index (χ0n) is 15.0. The maximum atomic E-state index is 13.9. The van der Waals surface area contributed by atoms with Crippen molar-refractivity contribution >= 4 is 10.1 Å². The number of hydrogen-bond acceptors (Lipinski definition) is 4. The van der Waals surface area contributed by atoms with Crippen molar-refractivity contribution in [1.29, 1.82) is 0 Å². The van der Waals surface area contributed by atoms with E-state index < -0.39 is 22.1 Å². The Morgan fingerprint density at radius 3 is 2.58 bits per heavy atom. The van der Waals surface area contributed by atoms with Gasteiger partial charge in [-0.3, -0.25) is 4.18 Å². The largest absolute Gasteiger partial charge is 0.311 e. The lowest BCUT2D eigenvalue weighted by Crippen LogP contribution is -2.42. The molecule has 140 valence electrons. The van der Waals surface area contributed by atoms with E-state index in [4.69, 9.17) is 4.18 Å². The van der Waals surface area contributed by atoms with Crippen LogP contribution in [0.25, 0.3) is 0 Å². The van der Waals surface area contributed by atoms with Crippen LogP contribution in [0.3, 0.4) is 0 Å². The van der Waals surface area contributed by atoms with Crippen molar-refractivity contribution in [2.75, 3.05) is 12.8 Å². The lowest BCUT2D eigenvalue weighted by atomic mass is 9.81. The molecule has 1 aliphatic rings. The topological polar surface area (TPSA) is 55.4 Å². The molecule has 26 heavy (non-hydrogen) atoms. The third kappa shape index (κ3) is 4.50. The molecular formula is C20H24FNO3S. The van der Waals surface area contributed by atoms with Crippen molar-refractivity contribution in [1.82, 2.24) is 5.32 Å². The van der Waals surface area contributed by atoms with E-state index in [1.165, 1.54) is 12.1 Å². The molecule has 2 unspecified atom stereocenters. The number of benzene rings is 2. The molecule has 0 aromatic heterocycles. The summed E-state index contributed by atoms with van der Waals surface area (Å²) in [6, 6.07) is 14.0. The molecule has 2 aromatic carbocycles. The third-order valence-electron chi connectivity index (χ3n) is 4.84. The fraction of sp³-hybridized carbons (Fsp3) is 0.400. The maximum Gasteiger partial charge on any atom is 0.264 e. The first-order chi connectivity index (χ1) is 12.3. The lowest BCUT2D eigenvalue weighted by Gasteiger charge is -2.32. The van der Waals surface area contributed by atoms with E-state index in [9.17, 15) is 12.8 Å². The van der Waals surface area contributed by atoms with Gasteiger partial charge >= 0.3 is 0 Å². The van der Waals surface area contributed by atoms with Gasteiger partial charge in [-0.15, -0.1) is 0 Å². The Balaban J connectivity index is 2.14. The van der Waals surface area contributed by atoms with Crippen LogP contribution in [-0.4, -0.2) is 33.4 Å². The van der Waals surface area contributed by atoms with E-state index in [1.54, 1.807) is 6.07 Å². The minimum Gasteiger partial charge on any atom is -0.311 e. The van der Waals surface area contributed by atoms with Gasteiger partial charge in [-0.25, -0.2) is 4.39 Å². The first-order valence-corrected chi connectivity index (χ1v) is 10.6. The molecular weight excluding hydrogens is 353 g/mol. The van der Waals surface area contributed by atoms with Crippen molar-refractivity contribution in [3.63, 3.8) is 0 Å². The van der Waals surface area contributed by atoms with Crippen molar-refractivity contribution in [2.45, 2.75) is 37.8 Å². The quantitative estimate of drug-likeness (QED) is 0.785. The molecule has 0 bridgehead atoms. The first-order valence-electron chi connectivity index (χ1n) is 8.78. The average molecular weight is 377 g/mol. The molecule has 0 radical (unpaired) electrons. The number of hydrogen-bond donors (Lipinski definition) is 1. The Labute approximate surface area is 154 Å². The first kappa shape index (κ1) is 19.0. The minimum atomic E-state index is -3.68. The van der Waals surface area contributed by atoms with Gasteiger partial charge in [0.2, 0.25) is 0 Å². The Hall–Kier alpha value is -1.76. The Morgan fingerprint density at radius 2 is 1.96 bits per heavy atom. The summed E-state index contributed by atoms with van der Waals surface area (Å²) < 4.78 is 43.5. The van der Waals surface area contributed by atoms with Crippen molar-refractivity contribution in [2.24, 2.45) is 0 Å². The van der Waals surface area contributed by atoms with Crippen molar-refractivity contribution < 1.29 is 17.0 Å². The zero-order chi connectivity index (χ0) is 18.7. The summed E-state index contributed by atoms with van der Waals surface area (Å²) in [5.41, 5.74) is 2.67. The van der Waals surface area contributed by atoms with E-state index >= 15 is 0 Å². The monoisotopic (exact) mass is 377 g/mol. The number of rotatable bonds is 6. The molecule has 4 nitrogen and oxygen atoms in total. The molecule has 0 aliphatic carbocycles. The van der Waals surface area contributed by atoms with Gasteiger partial charge in [0.25, 0.3) is 10.1 Å².